The van der Waals surface area contributed by atoms with Gasteiger partial charge in [0.05, 0.1) is 0 Å². The van der Waals surface area contributed by atoms with Gasteiger partial charge in [0.2, 0.25) is 0 Å². The zero-order chi connectivity index (χ0) is 14.5. The first-order chi connectivity index (χ1) is 9.56. The third kappa shape index (κ3) is 3.41. The molecular weight excluding hydrogens is 254 g/mol. The minimum absolute atomic E-state index is 0.0725. The monoisotopic (exact) mass is 269 g/mol. The van der Waals surface area contributed by atoms with Gasteiger partial charge in [0.25, 0.3) is 5.56 Å². The molecule has 2 N–H and O–H groups in total. The number of nitrogens with zero attached hydrogens (tertiary/aromatic N) is 1. The molecule has 0 aromatic carbocycles. The van der Waals surface area contributed by atoms with Crippen molar-refractivity contribution < 1.29 is 4.79 Å². The summed E-state index contributed by atoms with van der Waals surface area (Å²) >= 11 is 0. The van der Waals surface area contributed by atoms with Crippen LogP contribution in [0.5, 0.6) is 0 Å². The first-order valence-corrected chi connectivity index (χ1v) is 6.15. The van der Waals surface area contributed by atoms with Crippen molar-refractivity contribution in [1.29, 1.82) is 0 Å². The largest absolute Gasteiger partial charge is 0.355 e. The van der Waals surface area contributed by atoms with Crippen LogP contribution in [0.2, 0.25) is 0 Å². The number of allylic oxidation sites excluding steroid dienone is 2. The number of carbonyl (C=O) groups excluding carboxylic acids is 1. The van der Waals surface area contributed by atoms with Crippen molar-refractivity contribution in [1.82, 2.24) is 9.97 Å². The van der Waals surface area contributed by atoms with Crippen molar-refractivity contribution in [3.63, 3.8) is 0 Å². The quantitative estimate of drug-likeness (QED) is 0.835. The highest BCUT2D eigenvalue weighted by atomic mass is 16.1. The van der Waals surface area contributed by atoms with Crippen molar-refractivity contribution >= 4 is 11.5 Å². The Hall–Kier alpha value is -2.69. The molecule has 0 aliphatic carbocycles. The Balaban J connectivity index is 2.35. The van der Waals surface area contributed by atoms with Crippen LogP contribution in [0.25, 0.3) is 11.1 Å². The normalized spacial score (nSPS) is 11.2. The summed E-state index contributed by atoms with van der Waals surface area (Å²) < 4.78 is 0. The van der Waals surface area contributed by atoms with Crippen LogP contribution in [0.1, 0.15) is 13.8 Å². The predicted octanol–water partition coefficient (Wildman–Crippen LogP) is 2.34. The van der Waals surface area contributed by atoms with E-state index in [2.05, 4.69) is 15.3 Å². The van der Waals surface area contributed by atoms with Gasteiger partial charge in [-0.15, -0.1) is 0 Å². The number of rotatable bonds is 4. The van der Waals surface area contributed by atoms with Gasteiger partial charge in [-0.3, -0.25) is 14.6 Å². The zero-order valence-corrected chi connectivity index (χ0v) is 11.3. The van der Waals surface area contributed by atoms with E-state index in [0.29, 0.717) is 11.4 Å². The average molecular weight is 269 g/mol. The number of aromatic amines is 1. The number of aromatic nitrogens is 2. The maximum Gasteiger partial charge on any atom is 0.271 e. The number of anilines is 1. The third-order valence-corrected chi connectivity index (χ3v) is 2.67. The fraction of sp³-hybridized carbons (Fsp3) is 0.133. The molecule has 0 saturated heterocycles. The molecule has 0 atom stereocenters. The van der Waals surface area contributed by atoms with Crippen LogP contribution in [0.4, 0.5) is 5.69 Å². The van der Waals surface area contributed by atoms with Gasteiger partial charge in [0.15, 0.2) is 5.78 Å². The van der Waals surface area contributed by atoms with Gasteiger partial charge in [-0.25, -0.2) is 0 Å². The van der Waals surface area contributed by atoms with Crippen molar-refractivity contribution in [3.05, 3.63) is 58.9 Å². The van der Waals surface area contributed by atoms with Crippen molar-refractivity contribution in [2.45, 2.75) is 13.8 Å². The second kappa shape index (κ2) is 5.97. The second-order valence-corrected chi connectivity index (χ2v) is 4.43. The molecule has 2 rings (SSSR count). The smallest absolute Gasteiger partial charge is 0.271 e. The van der Waals surface area contributed by atoms with Gasteiger partial charge in [0, 0.05) is 29.9 Å². The van der Waals surface area contributed by atoms with E-state index in [0.717, 1.165) is 11.1 Å². The molecule has 5 nitrogen and oxygen atoms in total. The topological polar surface area (TPSA) is 74.8 Å². The molecule has 0 unspecified atom stereocenters. The maximum absolute atomic E-state index is 11.8. The van der Waals surface area contributed by atoms with Crippen LogP contribution in [0, 0.1) is 0 Å². The van der Waals surface area contributed by atoms with Gasteiger partial charge in [-0.05, 0) is 43.7 Å². The summed E-state index contributed by atoms with van der Waals surface area (Å²) in [5.41, 5.74) is 2.60. The molecule has 102 valence electrons. The lowest BCUT2D eigenvalue weighted by molar-refractivity contribution is -0.112. The lowest BCUT2D eigenvalue weighted by Gasteiger charge is -2.07. The summed E-state index contributed by atoms with van der Waals surface area (Å²) in [6, 6.07) is 5.46. The van der Waals surface area contributed by atoms with Crippen LogP contribution in [0.15, 0.2) is 53.4 Å². The fourth-order valence-electron chi connectivity index (χ4n) is 1.84. The molecule has 2 aromatic rings. The van der Waals surface area contributed by atoms with Crippen LogP contribution in [0.3, 0.4) is 0 Å². The Morgan fingerprint density at radius 2 is 1.95 bits per heavy atom. The van der Waals surface area contributed by atoms with E-state index in [-0.39, 0.29) is 11.3 Å². The Bertz CT molecular complexity index is 703. The molecule has 0 fully saturated rings. The number of hydrogen-bond acceptors (Lipinski definition) is 4. The molecule has 0 saturated carbocycles. The Kier molecular flexibility index (Phi) is 4.10. The van der Waals surface area contributed by atoms with Crippen molar-refractivity contribution in [3.8, 4) is 11.1 Å². The number of hydrogen-bond donors (Lipinski definition) is 2. The molecule has 0 aliphatic rings. The van der Waals surface area contributed by atoms with E-state index in [9.17, 15) is 9.59 Å². The van der Waals surface area contributed by atoms with E-state index in [1.165, 1.54) is 13.0 Å². The molecule has 2 aromatic heterocycles. The molecule has 0 bridgehead atoms. The Morgan fingerprint density at radius 1 is 1.25 bits per heavy atom. The van der Waals surface area contributed by atoms with Crippen molar-refractivity contribution in [2.24, 2.45) is 0 Å². The fourth-order valence-corrected chi connectivity index (χ4v) is 1.84. The Morgan fingerprint density at radius 3 is 2.60 bits per heavy atom. The maximum atomic E-state index is 11.8. The van der Waals surface area contributed by atoms with Gasteiger partial charge in [-0.2, -0.15) is 0 Å². The van der Waals surface area contributed by atoms with E-state index >= 15 is 0 Å². The van der Waals surface area contributed by atoms with Gasteiger partial charge in [0.1, 0.15) is 5.69 Å². The van der Waals surface area contributed by atoms with Gasteiger partial charge in [-0.1, -0.05) is 0 Å². The Labute approximate surface area is 116 Å². The van der Waals surface area contributed by atoms with Crippen LogP contribution >= 0.6 is 0 Å². The number of nitrogens with one attached hydrogen (secondary N) is 2. The highest BCUT2D eigenvalue weighted by Crippen LogP contribution is 2.19. The lowest BCUT2D eigenvalue weighted by atomic mass is 10.1. The van der Waals surface area contributed by atoms with Gasteiger partial charge < -0.3 is 10.3 Å². The molecule has 20 heavy (non-hydrogen) atoms. The van der Waals surface area contributed by atoms with E-state index in [4.69, 9.17) is 0 Å². The summed E-state index contributed by atoms with van der Waals surface area (Å²) in [5.74, 6) is -0.0725. The highest BCUT2D eigenvalue weighted by Gasteiger charge is 2.04. The average Bonchev–Trinajstić information content (AvgIpc) is 2.41. The minimum Gasteiger partial charge on any atom is -0.355 e. The highest BCUT2D eigenvalue weighted by molar-refractivity contribution is 5.88. The molecule has 0 radical (unpaired) electrons. The van der Waals surface area contributed by atoms with Crippen LogP contribution in [-0.4, -0.2) is 15.8 Å². The minimum atomic E-state index is -0.237. The van der Waals surface area contributed by atoms with E-state index in [1.54, 1.807) is 31.6 Å². The van der Waals surface area contributed by atoms with E-state index < -0.39 is 0 Å². The first kappa shape index (κ1) is 13.7. The van der Waals surface area contributed by atoms with Crippen molar-refractivity contribution in [2.75, 3.05) is 5.32 Å². The molecule has 0 amide bonds. The molecular formula is C15H15N3O2. The SMILES string of the molecule is CC(=O)C=C(C)Nc1cc(-c2ccncc2)c[nH]c1=O. The predicted molar refractivity (Wildman–Crippen MR) is 78.4 cm³/mol. The summed E-state index contributed by atoms with van der Waals surface area (Å²) in [6.07, 6.45) is 6.47. The number of ketones is 1. The second-order valence-electron chi connectivity index (χ2n) is 4.43. The number of pyridine rings is 2. The van der Waals surface area contributed by atoms with Crippen LogP contribution in [-0.2, 0) is 4.79 Å². The molecule has 2 heterocycles. The third-order valence-electron chi connectivity index (χ3n) is 2.67. The first-order valence-electron chi connectivity index (χ1n) is 6.15. The summed E-state index contributed by atoms with van der Waals surface area (Å²) in [6.45, 7) is 3.20. The van der Waals surface area contributed by atoms with Crippen LogP contribution < -0.4 is 10.9 Å². The lowest BCUT2D eigenvalue weighted by Crippen LogP contribution is -2.13. The summed E-state index contributed by atoms with van der Waals surface area (Å²) in [4.78, 5) is 29.4. The molecule has 5 heteroatoms. The van der Waals surface area contributed by atoms with Gasteiger partial charge >= 0.3 is 0 Å². The molecule has 0 aliphatic heterocycles. The summed E-state index contributed by atoms with van der Waals surface area (Å²) in [7, 11) is 0. The number of carbonyl (C=O) groups is 1. The number of H-pyrrole nitrogens is 1. The molecule has 0 spiro atoms. The zero-order valence-electron chi connectivity index (χ0n) is 11.3. The standard InChI is InChI=1S/C15H15N3O2/c1-10(7-11(2)19)18-14-8-13(9-17-15(14)20)12-3-5-16-6-4-12/h3-9,18H,1-2H3,(H,17,20). The summed E-state index contributed by atoms with van der Waals surface area (Å²) in [5, 5.41) is 2.93. The van der Waals surface area contributed by atoms with E-state index in [1.807, 2.05) is 12.1 Å².